The zero-order valence-electron chi connectivity index (χ0n) is 5.48. The number of carbonyl (C=O) groups is 3. The molecular weight excluding hydrogens is 152 g/mol. The molecule has 1 fully saturated rings. The molecule has 1 heterocycles. The lowest BCUT2D eigenvalue weighted by Crippen LogP contribution is -2.43. The van der Waals surface area contributed by atoms with Crippen LogP contribution in [0, 0.1) is 0 Å². The van der Waals surface area contributed by atoms with Crippen LogP contribution in [0.1, 0.15) is 6.42 Å². The maximum atomic E-state index is 10.6. The number of aliphatic carboxylic acids is 1. The molecule has 0 spiro atoms. The lowest BCUT2D eigenvalue weighted by molar-refractivity contribution is -0.147. The van der Waals surface area contributed by atoms with Gasteiger partial charge in [0, 0.05) is 6.42 Å². The Morgan fingerprint density at radius 1 is 1.64 bits per heavy atom. The Bertz CT molecular complexity index is 237. The van der Waals surface area contributed by atoms with Gasteiger partial charge < -0.3 is 5.11 Å². The number of nitrogens with two attached hydrogens (primary N) is 1. The summed E-state index contributed by atoms with van der Waals surface area (Å²) in [6.07, 6.45) is -0.329. The van der Waals surface area contributed by atoms with Crippen molar-refractivity contribution in [3.63, 3.8) is 0 Å². The molecule has 0 aromatic heterocycles. The van der Waals surface area contributed by atoms with Gasteiger partial charge >= 0.3 is 11.9 Å². The number of Topliss-reactive ketones (excluding diaryl/α,β-unsaturated/α-hetero) is 1. The van der Waals surface area contributed by atoms with Crippen molar-refractivity contribution in [2.45, 2.75) is 12.5 Å². The Hall–Kier alpha value is -1.43. The monoisotopic (exact) mass is 158 g/mol. The molecule has 1 amide bonds. The normalized spacial score (nSPS) is 24.5. The van der Waals surface area contributed by atoms with E-state index in [2.05, 4.69) is 0 Å². The van der Waals surface area contributed by atoms with E-state index in [1.165, 1.54) is 0 Å². The smallest absolute Gasteiger partial charge is 0.328 e. The van der Waals surface area contributed by atoms with Gasteiger partial charge in [-0.3, -0.25) is 14.6 Å². The van der Waals surface area contributed by atoms with Crippen LogP contribution in [0.3, 0.4) is 0 Å². The lowest BCUT2D eigenvalue weighted by Gasteiger charge is -2.12. The molecular formula is C5H6N2O4. The molecule has 6 heteroatoms. The van der Waals surface area contributed by atoms with Crippen LogP contribution in [-0.2, 0) is 14.4 Å². The van der Waals surface area contributed by atoms with Crippen LogP contribution >= 0.6 is 0 Å². The molecule has 1 saturated heterocycles. The molecule has 1 aliphatic rings. The van der Waals surface area contributed by atoms with Gasteiger partial charge in [0.2, 0.25) is 5.78 Å². The van der Waals surface area contributed by atoms with Crippen LogP contribution in [0.4, 0.5) is 0 Å². The summed E-state index contributed by atoms with van der Waals surface area (Å²) in [4.78, 5) is 31.4. The molecule has 3 N–H and O–H groups in total. The highest BCUT2D eigenvalue weighted by molar-refractivity contribution is 6.39. The zero-order valence-corrected chi connectivity index (χ0v) is 5.48. The van der Waals surface area contributed by atoms with Gasteiger partial charge in [0.15, 0.2) is 6.04 Å². The number of carboxylic acid groups (broad SMARTS) is 1. The number of carboxylic acids is 1. The van der Waals surface area contributed by atoms with Crippen molar-refractivity contribution >= 4 is 17.7 Å². The van der Waals surface area contributed by atoms with Gasteiger partial charge in [-0.05, 0) is 0 Å². The number of ketones is 1. The Kier molecular flexibility index (Phi) is 1.61. The molecule has 1 atom stereocenters. The van der Waals surface area contributed by atoms with Gasteiger partial charge in [0.1, 0.15) is 0 Å². The fourth-order valence-corrected chi connectivity index (χ4v) is 0.853. The Morgan fingerprint density at radius 2 is 2.18 bits per heavy atom. The molecule has 0 radical (unpaired) electrons. The second kappa shape index (κ2) is 2.31. The second-order valence-corrected chi connectivity index (χ2v) is 2.19. The summed E-state index contributed by atoms with van der Waals surface area (Å²) >= 11 is 0. The molecule has 0 aromatic rings. The van der Waals surface area contributed by atoms with Gasteiger partial charge in [-0.25, -0.2) is 10.6 Å². The van der Waals surface area contributed by atoms with E-state index in [4.69, 9.17) is 10.9 Å². The van der Waals surface area contributed by atoms with Crippen molar-refractivity contribution in [2.75, 3.05) is 0 Å². The molecule has 0 saturated carbocycles. The van der Waals surface area contributed by atoms with Crippen LogP contribution in [0.5, 0.6) is 0 Å². The third kappa shape index (κ3) is 1.07. The summed E-state index contributed by atoms with van der Waals surface area (Å²) in [6, 6.07) is -1.19. The van der Waals surface area contributed by atoms with Crippen LogP contribution in [0.15, 0.2) is 0 Å². The molecule has 0 aromatic carbocycles. The van der Waals surface area contributed by atoms with Gasteiger partial charge in [0.25, 0.3) is 0 Å². The number of carbonyl (C=O) groups excluding carboxylic acids is 2. The highest BCUT2D eigenvalue weighted by Crippen LogP contribution is 2.10. The number of rotatable bonds is 1. The molecule has 60 valence electrons. The van der Waals surface area contributed by atoms with Crippen molar-refractivity contribution < 1.29 is 19.5 Å². The summed E-state index contributed by atoms with van der Waals surface area (Å²) in [5, 5.41) is 8.84. The second-order valence-electron chi connectivity index (χ2n) is 2.19. The highest BCUT2D eigenvalue weighted by atomic mass is 16.4. The van der Waals surface area contributed by atoms with Crippen molar-refractivity contribution in [1.82, 2.24) is 5.01 Å². The van der Waals surface area contributed by atoms with Crippen molar-refractivity contribution in [2.24, 2.45) is 5.84 Å². The van der Waals surface area contributed by atoms with E-state index < -0.39 is 23.7 Å². The van der Waals surface area contributed by atoms with Crippen LogP contribution in [-0.4, -0.2) is 33.8 Å². The first kappa shape index (κ1) is 7.67. The standard InChI is InChI=1S/C5H6N2O4/c6-7-2(5(10)11)1-3(8)4(7)9/h2H,1,6H2,(H,10,11)/t2-/m0/s1. The van der Waals surface area contributed by atoms with Crippen molar-refractivity contribution in [3.8, 4) is 0 Å². The van der Waals surface area contributed by atoms with Crippen LogP contribution < -0.4 is 5.84 Å². The molecule has 1 aliphatic heterocycles. The molecule has 0 bridgehead atoms. The van der Waals surface area contributed by atoms with Gasteiger partial charge in [-0.1, -0.05) is 0 Å². The Balaban J connectivity index is 2.83. The number of hydrazine groups is 1. The molecule has 0 unspecified atom stereocenters. The van der Waals surface area contributed by atoms with Gasteiger partial charge in [0.05, 0.1) is 0 Å². The maximum absolute atomic E-state index is 10.6. The minimum Gasteiger partial charge on any atom is -0.480 e. The lowest BCUT2D eigenvalue weighted by atomic mass is 10.2. The number of amides is 1. The summed E-state index contributed by atoms with van der Waals surface area (Å²) in [5.74, 6) is 2.06. The number of hydrogen-bond acceptors (Lipinski definition) is 4. The van der Waals surface area contributed by atoms with Crippen LogP contribution in [0.25, 0.3) is 0 Å². The van der Waals surface area contributed by atoms with Crippen molar-refractivity contribution in [1.29, 1.82) is 0 Å². The Labute approximate surface area is 61.5 Å². The van der Waals surface area contributed by atoms with E-state index in [1.54, 1.807) is 0 Å². The summed E-state index contributed by atoms with van der Waals surface area (Å²) in [7, 11) is 0. The average molecular weight is 158 g/mol. The molecule has 0 aliphatic carbocycles. The van der Waals surface area contributed by atoms with E-state index in [-0.39, 0.29) is 6.42 Å². The molecule has 6 nitrogen and oxygen atoms in total. The third-order valence-electron chi connectivity index (χ3n) is 1.47. The number of hydrogen-bond donors (Lipinski definition) is 2. The van der Waals surface area contributed by atoms with E-state index in [9.17, 15) is 14.4 Å². The summed E-state index contributed by atoms with van der Waals surface area (Å²) in [5.41, 5.74) is 0. The fourth-order valence-electron chi connectivity index (χ4n) is 0.853. The maximum Gasteiger partial charge on any atom is 0.328 e. The van der Waals surface area contributed by atoms with E-state index in [0.29, 0.717) is 5.01 Å². The fraction of sp³-hybridized carbons (Fsp3) is 0.400. The minimum absolute atomic E-state index is 0.329. The predicted molar refractivity (Wildman–Crippen MR) is 32.1 cm³/mol. The predicted octanol–water partition coefficient (Wildman–Crippen LogP) is -1.89. The average Bonchev–Trinajstić information content (AvgIpc) is 2.17. The van der Waals surface area contributed by atoms with Crippen molar-refractivity contribution in [3.05, 3.63) is 0 Å². The summed E-state index contributed by atoms with van der Waals surface area (Å²) in [6.45, 7) is 0. The SMILES string of the molecule is NN1C(=O)C(=O)C[C@H]1C(=O)O. The first-order chi connectivity index (χ1) is 5.04. The minimum atomic E-state index is -1.26. The molecule has 1 rings (SSSR count). The summed E-state index contributed by atoms with van der Waals surface area (Å²) < 4.78 is 0. The first-order valence-electron chi connectivity index (χ1n) is 2.88. The van der Waals surface area contributed by atoms with E-state index >= 15 is 0 Å². The topological polar surface area (TPSA) is 101 Å². The van der Waals surface area contributed by atoms with E-state index in [1.807, 2.05) is 0 Å². The largest absolute Gasteiger partial charge is 0.480 e. The van der Waals surface area contributed by atoms with Gasteiger partial charge in [-0.15, -0.1) is 0 Å². The van der Waals surface area contributed by atoms with Crippen LogP contribution in [0.2, 0.25) is 0 Å². The Morgan fingerprint density at radius 3 is 2.36 bits per heavy atom. The highest BCUT2D eigenvalue weighted by Gasteiger charge is 2.40. The van der Waals surface area contributed by atoms with E-state index in [0.717, 1.165) is 0 Å². The quantitative estimate of drug-likeness (QED) is 0.264. The first-order valence-corrected chi connectivity index (χ1v) is 2.88. The third-order valence-corrected chi connectivity index (χ3v) is 1.47. The number of nitrogens with zero attached hydrogens (tertiary/aromatic N) is 1. The van der Waals surface area contributed by atoms with Gasteiger partial charge in [-0.2, -0.15) is 0 Å². The molecule has 11 heavy (non-hydrogen) atoms. The zero-order chi connectivity index (χ0) is 8.59.